The molecule has 0 aliphatic heterocycles. The quantitative estimate of drug-likeness (QED) is 0.475. The fraction of sp³-hybridized carbons (Fsp3) is 0.407. The molecule has 170 valence electrons. The highest BCUT2D eigenvalue weighted by atomic mass is 79.9. The van der Waals surface area contributed by atoms with Crippen molar-refractivity contribution in [2.45, 2.75) is 64.0 Å². The van der Waals surface area contributed by atoms with E-state index in [1.165, 1.54) is 18.7 Å². The molecule has 0 saturated heterocycles. The van der Waals surface area contributed by atoms with Crippen LogP contribution in [-0.2, 0) is 16.8 Å². The summed E-state index contributed by atoms with van der Waals surface area (Å²) in [5.74, 6) is 1.20. The monoisotopic (exact) mass is 495 g/mol. The van der Waals surface area contributed by atoms with Crippen molar-refractivity contribution < 1.29 is 26.3 Å². The average Bonchev–Trinajstić information content (AvgIpc) is 3.41. The maximum absolute atomic E-state index is 13.3. The van der Waals surface area contributed by atoms with Crippen molar-refractivity contribution in [3.8, 4) is 0 Å². The Bertz CT molecular complexity index is 976. The minimum atomic E-state index is -0.809. The number of benzene rings is 2. The number of hydrogen-bond donors (Lipinski definition) is 1. The number of nitrogens with zero attached hydrogens (tertiary/aromatic N) is 2. The van der Waals surface area contributed by atoms with E-state index in [4.69, 9.17) is 5.73 Å². The lowest BCUT2D eigenvalue weighted by Crippen LogP contribution is -3.00. The van der Waals surface area contributed by atoms with Crippen LogP contribution in [0.15, 0.2) is 73.1 Å². The molecule has 1 fully saturated rings. The van der Waals surface area contributed by atoms with E-state index in [9.17, 15) is 4.79 Å². The maximum Gasteiger partial charge on any atom is 0.253 e. The summed E-state index contributed by atoms with van der Waals surface area (Å²) in [5.41, 5.74) is 7.43. The second kappa shape index (κ2) is 10.5. The van der Waals surface area contributed by atoms with Gasteiger partial charge in [0.2, 0.25) is 5.91 Å². The van der Waals surface area contributed by atoms with Gasteiger partial charge in [-0.25, -0.2) is 9.13 Å². The topological polar surface area (TPSA) is 51.9 Å². The molecule has 1 aliphatic rings. The standard InChI is InChI=1S/C27H33N3O.BrH/c1-3-4-17-29-18-19-30(21(29)2)25-16-15-24(20-25)27(26(28)31,22-11-7-5-8-12-22)23-13-9-6-10-14-23;/h5-14,18-19,24-25H,3-4,15-17,20H2,1-2H3,(H-,28,31);1H/t24-,25+;/m1./s1. The molecule has 4 rings (SSSR count). The molecule has 0 unspecified atom stereocenters. The molecule has 4 nitrogen and oxygen atoms in total. The SMILES string of the molecule is CCCCn1cc[n+]([C@H]2CC[C@@H](C(C(N)=O)(c3ccccc3)c3ccccc3)C2)c1C.[Br-]. The number of carbonyl (C=O) groups is 1. The zero-order chi connectivity index (χ0) is 21.8. The molecule has 0 radical (unpaired) electrons. The van der Waals surface area contributed by atoms with Crippen molar-refractivity contribution >= 4 is 5.91 Å². The first-order valence-electron chi connectivity index (χ1n) is 11.6. The summed E-state index contributed by atoms with van der Waals surface area (Å²) in [5, 5.41) is 0. The van der Waals surface area contributed by atoms with Gasteiger partial charge in [0, 0.05) is 6.92 Å². The molecular weight excluding hydrogens is 462 g/mol. The van der Waals surface area contributed by atoms with Gasteiger partial charge in [-0.3, -0.25) is 4.79 Å². The maximum atomic E-state index is 13.3. The third-order valence-corrected chi connectivity index (χ3v) is 7.21. The second-order valence-corrected chi connectivity index (χ2v) is 8.87. The van der Waals surface area contributed by atoms with Crippen molar-refractivity contribution in [3.63, 3.8) is 0 Å². The van der Waals surface area contributed by atoms with Gasteiger partial charge in [0.05, 0.1) is 6.54 Å². The van der Waals surface area contributed by atoms with Crippen LogP contribution in [0.4, 0.5) is 0 Å². The summed E-state index contributed by atoms with van der Waals surface area (Å²) >= 11 is 0. The number of unbranched alkanes of at least 4 members (excludes halogenated alkanes) is 1. The largest absolute Gasteiger partial charge is 1.00 e. The highest BCUT2D eigenvalue weighted by molar-refractivity contribution is 5.91. The Hall–Kier alpha value is -2.40. The molecule has 0 bridgehead atoms. The molecule has 0 spiro atoms. The minimum Gasteiger partial charge on any atom is -1.00 e. The number of hydrogen-bond acceptors (Lipinski definition) is 1. The third kappa shape index (κ3) is 4.27. The third-order valence-electron chi connectivity index (χ3n) is 7.21. The molecule has 2 atom stereocenters. The Morgan fingerprint density at radius 1 is 1.06 bits per heavy atom. The lowest BCUT2D eigenvalue weighted by atomic mass is 9.64. The number of aromatic nitrogens is 2. The summed E-state index contributed by atoms with van der Waals surface area (Å²) in [6.45, 7) is 5.49. The van der Waals surface area contributed by atoms with Gasteiger partial charge in [-0.1, -0.05) is 74.0 Å². The molecule has 1 amide bonds. The van der Waals surface area contributed by atoms with E-state index >= 15 is 0 Å². The summed E-state index contributed by atoms with van der Waals surface area (Å²) in [4.78, 5) is 13.3. The van der Waals surface area contributed by atoms with Crippen LogP contribution >= 0.6 is 0 Å². The first-order chi connectivity index (χ1) is 15.1. The fourth-order valence-corrected chi connectivity index (χ4v) is 5.60. The Balaban J connectivity index is 0.00000289. The first kappa shape index (κ1) is 24.2. The Kier molecular flexibility index (Phi) is 7.94. The van der Waals surface area contributed by atoms with E-state index in [1.807, 2.05) is 36.4 Å². The van der Waals surface area contributed by atoms with E-state index in [1.54, 1.807) is 0 Å². The zero-order valence-corrected chi connectivity index (χ0v) is 20.7. The number of amides is 1. The Morgan fingerprint density at radius 2 is 1.66 bits per heavy atom. The lowest BCUT2D eigenvalue weighted by Gasteiger charge is -2.37. The van der Waals surface area contributed by atoms with E-state index in [0.717, 1.165) is 36.9 Å². The molecule has 1 saturated carbocycles. The number of nitrogens with two attached hydrogens (primary N) is 1. The van der Waals surface area contributed by atoms with E-state index < -0.39 is 5.41 Å². The number of rotatable bonds is 8. The Labute approximate surface area is 202 Å². The van der Waals surface area contributed by atoms with Crippen molar-refractivity contribution in [3.05, 3.63) is 90.0 Å². The number of aryl methyl sites for hydroxylation is 1. The van der Waals surface area contributed by atoms with Crippen LogP contribution < -0.4 is 27.3 Å². The number of halogens is 1. The number of imidazole rings is 1. The van der Waals surface area contributed by atoms with Crippen molar-refractivity contribution in [2.75, 3.05) is 0 Å². The van der Waals surface area contributed by atoms with Crippen LogP contribution in [0, 0.1) is 12.8 Å². The number of carbonyl (C=O) groups excluding carboxylic acids is 1. The van der Waals surface area contributed by atoms with E-state index in [-0.39, 0.29) is 28.8 Å². The normalized spacial score (nSPS) is 18.3. The molecule has 1 aliphatic carbocycles. The molecule has 2 aromatic carbocycles. The zero-order valence-electron chi connectivity index (χ0n) is 19.1. The van der Waals surface area contributed by atoms with Crippen molar-refractivity contribution in [1.29, 1.82) is 0 Å². The summed E-state index contributed by atoms with van der Waals surface area (Å²) < 4.78 is 4.77. The molecule has 32 heavy (non-hydrogen) atoms. The lowest BCUT2D eigenvalue weighted by molar-refractivity contribution is -0.727. The highest BCUT2D eigenvalue weighted by Gasteiger charge is 2.51. The predicted molar refractivity (Wildman–Crippen MR) is 124 cm³/mol. The minimum absolute atomic E-state index is 0. The molecule has 5 heteroatoms. The van der Waals surface area contributed by atoms with E-state index in [2.05, 4.69) is 59.6 Å². The second-order valence-electron chi connectivity index (χ2n) is 8.87. The molecule has 1 aromatic heterocycles. The van der Waals surface area contributed by atoms with Crippen molar-refractivity contribution in [1.82, 2.24) is 4.57 Å². The van der Waals surface area contributed by atoms with E-state index in [0.29, 0.717) is 6.04 Å². The first-order valence-corrected chi connectivity index (χ1v) is 11.6. The van der Waals surface area contributed by atoms with Gasteiger partial charge in [-0.05, 0) is 42.7 Å². The van der Waals surface area contributed by atoms with Crippen molar-refractivity contribution in [2.24, 2.45) is 11.7 Å². The highest BCUT2D eigenvalue weighted by Crippen LogP contribution is 2.48. The van der Waals surface area contributed by atoms with Crippen LogP contribution in [-0.4, -0.2) is 10.5 Å². The average molecular weight is 496 g/mol. The van der Waals surface area contributed by atoms with Crippen LogP contribution in [0.1, 0.15) is 62.0 Å². The summed E-state index contributed by atoms with van der Waals surface area (Å²) in [6.07, 6.45) is 9.78. The smallest absolute Gasteiger partial charge is 0.253 e. The van der Waals surface area contributed by atoms with Gasteiger partial charge in [0.25, 0.3) is 5.82 Å². The van der Waals surface area contributed by atoms with Gasteiger partial charge < -0.3 is 22.7 Å². The number of primary amides is 1. The fourth-order valence-electron chi connectivity index (χ4n) is 5.60. The van der Waals surface area contributed by atoms with Gasteiger partial charge in [-0.2, -0.15) is 0 Å². The van der Waals surface area contributed by atoms with Crippen LogP contribution in [0.25, 0.3) is 0 Å². The van der Waals surface area contributed by atoms with Gasteiger partial charge in [0.1, 0.15) is 23.9 Å². The predicted octanol–water partition coefficient (Wildman–Crippen LogP) is 1.70. The Morgan fingerprint density at radius 3 is 2.19 bits per heavy atom. The molecule has 2 N–H and O–H groups in total. The van der Waals surface area contributed by atoms with Crippen LogP contribution in [0.2, 0.25) is 0 Å². The summed E-state index contributed by atoms with van der Waals surface area (Å²) in [7, 11) is 0. The van der Waals surface area contributed by atoms with Gasteiger partial charge in [-0.15, -0.1) is 0 Å². The van der Waals surface area contributed by atoms with Crippen LogP contribution in [0.3, 0.4) is 0 Å². The van der Waals surface area contributed by atoms with Gasteiger partial charge in [0.15, 0.2) is 0 Å². The molecular formula is C27H34BrN3O. The van der Waals surface area contributed by atoms with Crippen LogP contribution in [0.5, 0.6) is 0 Å². The molecule has 3 aromatic rings. The van der Waals surface area contributed by atoms with Gasteiger partial charge >= 0.3 is 0 Å². The molecule has 1 heterocycles. The summed E-state index contributed by atoms with van der Waals surface area (Å²) in [6, 6.07) is 20.7.